The third-order valence-electron chi connectivity index (χ3n) is 5.62. The number of thiazole rings is 1. The van der Waals surface area contributed by atoms with E-state index in [1.54, 1.807) is 26.4 Å². The Morgan fingerprint density at radius 3 is 2.74 bits per heavy atom. The number of nitrogens with zero attached hydrogens (tertiary/aromatic N) is 2. The average Bonchev–Trinajstić information content (AvgIpc) is 3.39. The largest absolute Gasteiger partial charge is 0.493 e. The highest BCUT2D eigenvalue weighted by Gasteiger charge is 2.31. The molecule has 2 aromatic carbocycles. The third-order valence-corrected chi connectivity index (χ3v) is 6.81. The fourth-order valence-electron chi connectivity index (χ4n) is 4.07. The fourth-order valence-corrected chi connectivity index (χ4v) is 5.09. The van der Waals surface area contributed by atoms with E-state index in [1.165, 1.54) is 17.4 Å². The topological polar surface area (TPSA) is 51.7 Å². The van der Waals surface area contributed by atoms with Gasteiger partial charge >= 0.3 is 0 Å². The minimum atomic E-state index is -0.244. The molecule has 0 aliphatic carbocycles. The first-order valence-corrected chi connectivity index (χ1v) is 11.1. The molecule has 1 aliphatic heterocycles. The van der Waals surface area contributed by atoms with Crippen molar-refractivity contribution in [3.63, 3.8) is 0 Å². The summed E-state index contributed by atoms with van der Waals surface area (Å²) in [6.45, 7) is 2.58. The average molecular weight is 441 g/mol. The summed E-state index contributed by atoms with van der Waals surface area (Å²) in [4.78, 5) is 20.6. The number of likely N-dealkylation sites (tertiary alicyclic amines) is 1. The van der Waals surface area contributed by atoms with Crippen LogP contribution in [0, 0.1) is 12.7 Å². The molecule has 1 aromatic heterocycles. The third kappa shape index (κ3) is 4.42. The summed E-state index contributed by atoms with van der Waals surface area (Å²) in [6, 6.07) is 12.3. The summed E-state index contributed by atoms with van der Waals surface area (Å²) in [7, 11) is 3.19. The van der Waals surface area contributed by atoms with Crippen LogP contribution < -0.4 is 9.47 Å². The van der Waals surface area contributed by atoms with E-state index in [0.29, 0.717) is 29.3 Å². The minimum absolute atomic E-state index is 0.000583. The molecule has 1 amide bonds. The second-order valence-electron chi connectivity index (χ2n) is 7.63. The van der Waals surface area contributed by atoms with Crippen LogP contribution in [0.5, 0.6) is 11.5 Å². The number of amides is 1. The van der Waals surface area contributed by atoms with Crippen LogP contribution in [0.2, 0.25) is 0 Å². The van der Waals surface area contributed by atoms with Crippen molar-refractivity contribution >= 4 is 17.2 Å². The number of ether oxygens (including phenoxy) is 2. The highest BCUT2D eigenvalue weighted by Crippen LogP contribution is 2.36. The Bertz CT molecular complexity index is 1100. The van der Waals surface area contributed by atoms with E-state index in [1.807, 2.05) is 36.1 Å². The molecule has 1 aliphatic rings. The zero-order valence-electron chi connectivity index (χ0n) is 17.9. The first kappa shape index (κ1) is 21.3. The maximum atomic E-state index is 13.6. The van der Waals surface area contributed by atoms with Crippen LogP contribution in [0.4, 0.5) is 4.39 Å². The van der Waals surface area contributed by atoms with Crippen molar-refractivity contribution in [2.24, 2.45) is 0 Å². The lowest BCUT2D eigenvalue weighted by Crippen LogP contribution is -2.36. The predicted molar refractivity (Wildman–Crippen MR) is 120 cm³/mol. The van der Waals surface area contributed by atoms with Gasteiger partial charge in [-0.2, -0.15) is 0 Å². The van der Waals surface area contributed by atoms with E-state index in [2.05, 4.69) is 4.98 Å². The molecule has 1 atom stereocenters. The maximum Gasteiger partial charge on any atom is 0.266 e. The van der Waals surface area contributed by atoms with Gasteiger partial charge in [-0.05, 0) is 62.1 Å². The molecule has 162 valence electrons. The molecular weight excluding hydrogens is 415 g/mol. The van der Waals surface area contributed by atoms with Crippen LogP contribution in [-0.4, -0.2) is 42.6 Å². The Kier molecular flexibility index (Phi) is 6.23. The SMILES string of the molecule is COc1ccc(-c2nc(C)c(C(=O)N3CCCC3Cc3cccc(F)c3)s2)cc1OC. The number of halogens is 1. The number of hydrogen-bond acceptors (Lipinski definition) is 5. The van der Waals surface area contributed by atoms with E-state index in [-0.39, 0.29) is 17.8 Å². The first-order chi connectivity index (χ1) is 15.0. The maximum absolute atomic E-state index is 13.6. The molecule has 0 bridgehead atoms. The molecule has 0 spiro atoms. The number of benzene rings is 2. The van der Waals surface area contributed by atoms with Crippen molar-refractivity contribution in [2.45, 2.75) is 32.2 Å². The van der Waals surface area contributed by atoms with Crippen molar-refractivity contribution in [1.29, 1.82) is 0 Å². The first-order valence-electron chi connectivity index (χ1n) is 10.3. The summed E-state index contributed by atoms with van der Waals surface area (Å²) in [5.41, 5.74) is 2.51. The van der Waals surface area contributed by atoms with Gasteiger partial charge in [-0.1, -0.05) is 12.1 Å². The van der Waals surface area contributed by atoms with Gasteiger partial charge in [-0.25, -0.2) is 9.37 Å². The number of hydrogen-bond donors (Lipinski definition) is 0. The lowest BCUT2D eigenvalue weighted by Gasteiger charge is -2.24. The van der Waals surface area contributed by atoms with Gasteiger partial charge in [0.15, 0.2) is 11.5 Å². The zero-order chi connectivity index (χ0) is 22.0. The molecule has 5 nitrogen and oxygen atoms in total. The molecule has 3 aromatic rings. The van der Waals surface area contributed by atoms with Gasteiger partial charge in [0.05, 0.1) is 19.9 Å². The van der Waals surface area contributed by atoms with E-state index in [9.17, 15) is 9.18 Å². The molecule has 0 saturated carbocycles. The van der Waals surface area contributed by atoms with Gasteiger partial charge in [-0.3, -0.25) is 4.79 Å². The smallest absolute Gasteiger partial charge is 0.266 e. The van der Waals surface area contributed by atoms with Gasteiger partial charge in [0.1, 0.15) is 15.7 Å². The van der Waals surface area contributed by atoms with E-state index >= 15 is 0 Å². The van der Waals surface area contributed by atoms with E-state index in [0.717, 1.165) is 34.7 Å². The Morgan fingerprint density at radius 2 is 2.00 bits per heavy atom. The second-order valence-corrected chi connectivity index (χ2v) is 8.63. The van der Waals surface area contributed by atoms with Crippen molar-refractivity contribution in [3.05, 3.63) is 64.4 Å². The molecule has 4 rings (SSSR count). The molecule has 7 heteroatoms. The highest BCUT2D eigenvalue weighted by atomic mass is 32.1. The fraction of sp³-hybridized carbons (Fsp3) is 0.333. The molecule has 0 radical (unpaired) electrons. The van der Waals surface area contributed by atoms with Gasteiger partial charge in [0.2, 0.25) is 0 Å². The van der Waals surface area contributed by atoms with Gasteiger partial charge in [0, 0.05) is 18.2 Å². The van der Waals surface area contributed by atoms with Gasteiger partial charge in [0.25, 0.3) is 5.91 Å². The monoisotopic (exact) mass is 440 g/mol. The Balaban J connectivity index is 1.57. The standard InChI is InChI=1S/C24H25FN2O3S/c1-15-22(31-23(26-15)17-9-10-20(29-2)21(14-17)30-3)24(28)27-11-5-8-19(27)13-16-6-4-7-18(25)12-16/h4,6-7,9-10,12,14,19H,5,8,11,13H2,1-3H3. The van der Waals surface area contributed by atoms with Crippen LogP contribution in [0.3, 0.4) is 0 Å². The van der Waals surface area contributed by atoms with Gasteiger partial charge in [-0.15, -0.1) is 11.3 Å². The minimum Gasteiger partial charge on any atom is -0.493 e. The number of rotatable bonds is 6. The number of aryl methyl sites for hydroxylation is 1. The summed E-state index contributed by atoms with van der Waals surface area (Å²) in [5, 5.41) is 0.766. The summed E-state index contributed by atoms with van der Waals surface area (Å²) >= 11 is 1.39. The van der Waals surface area contributed by atoms with Crippen molar-refractivity contribution in [3.8, 4) is 22.1 Å². The molecular formula is C24H25FN2O3S. The highest BCUT2D eigenvalue weighted by molar-refractivity contribution is 7.17. The van der Waals surface area contributed by atoms with Crippen molar-refractivity contribution < 1.29 is 18.7 Å². The van der Waals surface area contributed by atoms with Gasteiger partial charge < -0.3 is 14.4 Å². The Morgan fingerprint density at radius 1 is 1.19 bits per heavy atom. The van der Waals surface area contributed by atoms with E-state index in [4.69, 9.17) is 9.47 Å². The lowest BCUT2D eigenvalue weighted by molar-refractivity contribution is 0.0740. The number of carbonyl (C=O) groups excluding carboxylic acids is 1. The zero-order valence-corrected chi connectivity index (χ0v) is 18.7. The van der Waals surface area contributed by atoms with Crippen molar-refractivity contribution in [1.82, 2.24) is 9.88 Å². The van der Waals surface area contributed by atoms with Crippen LogP contribution in [-0.2, 0) is 6.42 Å². The molecule has 31 heavy (non-hydrogen) atoms. The molecule has 1 saturated heterocycles. The summed E-state index contributed by atoms with van der Waals surface area (Å²) in [5.74, 6) is 1.02. The molecule has 1 fully saturated rings. The van der Waals surface area contributed by atoms with Crippen LogP contribution in [0.25, 0.3) is 10.6 Å². The number of carbonyl (C=O) groups is 1. The molecule has 1 unspecified atom stereocenters. The lowest BCUT2D eigenvalue weighted by atomic mass is 10.0. The Hall–Kier alpha value is -2.93. The quantitative estimate of drug-likeness (QED) is 0.534. The molecule has 2 heterocycles. The van der Waals surface area contributed by atoms with Crippen LogP contribution in [0.15, 0.2) is 42.5 Å². The van der Waals surface area contributed by atoms with Crippen LogP contribution >= 0.6 is 11.3 Å². The second kappa shape index (κ2) is 9.06. The summed E-state index contributed by atoms with van der Waals surface area (Å²) in [6.07, 6.45) is 2.53. The summed E-state index contributed by atoms with van der Waals surface area (Å²) < 4.78 is 24.3. The predicted octanol–water partition coefficient (Wildman–Crippen LogP) is 5.12. The number of methoxy groups -OCH3 is 2. The molecule has 0 N–H and O–H groups in total. The van der Waals surface area contributed by atoms with Crippen LogP contribution in [0.1, 0.15) is 33.8 Å². The number of aromatic nitrogens is 1. The van der Waals surface area contributed by atoms with Crippen molar-refractivity contribution in [2.75, 3.05) is 20.8 Å². The van der Waals surface area contributed by atoms with E-state index < -0.39 is 0 Å². The normalized spacial score (nSPS) is 15.9. The Labute approximate surface area is 185 Å².